The smallest absolute Gasteiger partial charge is 0.255 e. The van der Waals surface area contributed by atoms with E-state index in [1.165, 1.54) is 37.4 Å². The third kappa shape index (κ3) is 4.76. The molecule has 0 radical (unpaired) electrons. The van der Waals surface area contributed by atoms with Gasteiger partial charge in [-0.05, 0) is 61.0 Å². The van der Waals surface area contributed by atoms with Crippen molar-refractivity contribution < 1.29 is 23.1 Å². The van der Waals surface area contributed by atoms with Gasteiger partial charge in [0.2, 0.25) is 0 Å². The van der Waals surface area contributed by atoms with Gasteiger partial charge in [0.05, 0.1) is 12.8 Å². The molecule has 148 valence electrons. The summed E-state index contributed by atoms with van der Waals surface area (Å²) in [6.45, 7) is 1.90. The van der Waals surface area contributed by atoms with E-state index in [0.717, 1.165) is 17.7 Å². The number of nitrogens with one attached hydrogen (secondary N) is 2. The van der Waals surface area contributed by atoms with Gasteiger partial charge < -0.3 is 15.4 Å². The average Bonchev–Trinajstić information content (AvgIpc) is 2.71. The van der Waals surface area contributed by atoms with Crippen LogP contribution in [-0.2, 0) is 0 Å². The summed E-state index contributed by atoms with van der Waals surface area (Å²) in [6.07, 6.45) is 0. The fourth-order valence-corrected chi connectivity index (χ4v) is 2.66. The average molecular weight is 396 g/mol. The second kappa shape index (κ2) is 8.52. The monoisotopic (exact) mass is 396 g/mol. The van der Waals surface area contributed by atoms with Crippen LogP contribution >= 0.6 is 0 Å². The highest BCUT2D eigenvalue weighted by atomic mass is 19.2. The lowest BCUT2D eigenvalue weighted by Crippen LogP contribution is -2.15. The highest BCUT2D eigenvalue weighted by Gasteiger charge is 2.12. The Balaban J connectivity index is 1.70. The molecule has 3 rings (SSSR count). The van der Waals surface area contributed by atoms with Gasteiger partial charge in [0.1, 0.15) is 5.75 Å². The lowest BCUT2D eigenvalue weighted by atomic mass is 10.1. The Labute approximate surface area is 166 Å². The standard InChI is InChI=1S/C22H18F2N2O3/c1-13-3-10-20(29-2)19(11-13)26-22(28)15-6-4-14(5-7-15)21(27)25-16-8-9-17(23)18(24)12-16/h3-12H,1-2H3,(H,25,27)(H,26,28). The number of carbonyl (C=O) groups excluding carboxylic acids is 2. The van der Waals surface area contributed by atoms with Gasteiger partial charge >= 0.3 is 0 Å². The van der Waals surface area contributed by atoms with E-state index >= 15 is 0 Å². The van der Waals surface area contributed by atoms with Crippen molar-refractivity contribution in [1.82, 2.24) is 0 Å². The first-order chi connectivity index (χ1) is 13.9. The summed E-state index contributed by atoms with van der Waals surface area (Å²) in [5.74, 6) is -2.39. The summed E-state index contributed by atoms with van der Waals surface area (Å²) in [4.78, 5) is 24.7. The van der Waals surface area contributed by atoms with Gasteiger partial charge in [-0.25, -0.2) is 8.78 Å². The third-order valence-electron chi connectivity index (χ3n) is 4.19. The molecule has 0 spiro atoms. The molecule has 7 heteroatoms. The molecule has 3 aromatic carbocycles. The largest absolute Gasteiger partial charge is 0.495 e. The number of amides is 2. The number of benzene rings is 3. The number of hydrogen-bond acceptors (Lipinski definition) is 3. The predicted molar refractivity (Wildman–Crippen MR) is 106 cm³/mol. The van der Waals surface area contributed by atoms with Gasteiger partial charge in [0.25, 0.3) is 11.8 Å². The molecule has 0 aliphatic heterocycles. The van der Waals surface area contributed by atoms with Crippen LogP contribution in [0.1, 0.15) is 26.3 Å². The van der Waals surface area contributed by atoms with Gasteiger partial charge in [0, 0.05) is 22.9 Å². The van der Waals surface area contributed by atoms with E-state index in [0.29, 0.717) is 17.0 Å². The maximum atomic E-state index is 13.3. The van der Waals surface area contributed by atoms with E-state index in [9.17, 15) is 18.4 Å². The number of methoxy groups -OCH3 is 1. The van der Waals surface area contributed by atoms with Crippen LogP contribution in [0.25, 0.3) is 0 Å². The van der Waals surface area contributed by atoms with Crippen molar-refractivity contribution in [2.45, 2.75) is 6.92 Å². The van der Waals surface area contributed by atoms with E-state index in [4.69, 9.17) is 4.74 Å². The van der Waals surface area contributed by atoms with Crippen molar-refractivity contribution in [3.8, 4) is 5.75 Å². The molecule has 3 aromatic rings. The Morgan fingerprint density at radius 2 is 1.41 bits per heavy atom. The third-order valence-corrected chi connectivity index (χ3v) is 4.19. The fraction of sp³-hybridized carbons (Fsp3) is 0.0909. The minimum Gasteiger partial charge on any atom is -0.495 e. The SMILES string of the molecule is COc1ccc(C)cc1NC(=O)c1ccc(C(=O)Nc2ccc(F)c(F)c2)cc1. The van der Waals surface area contributed by atoms with Crippen molar-refractivity contribution in [1.29, 1.82) is 0 Å². The minimum atomic E-state index is -1.05. The second-order valence-corrected chi connectivity index (χ2v) is 6.32. The molecule has 0 bridgehead atoms. The zero-order valence-corrected chi connectivity index (χ0v) is 15.8. The van der Waals surface area contributed by atoms with Crippen LogP contribution in [0.5, 0.6) is 5.75 Å². The first-order valence-corrected chi connectivity index (χ1v) is 8.70. The summed E-state index contributed by atoms with van der Waals surface area (Å²) in [5, 5.41) is 5.25. The highest BCUT2D eigenvalue weighted by molar-refractivity contribution is 6.07. The molecular weight excluding hydrogens is 378 g/mol. The molecular formula is C22H18F2N2O3. The molecule has 29 heavy (non-hydrogen) atoms. The molecule has 0 atom stereocenters. The molecule has 5 nitrogen and oxygen atoms in total. The topological polar surface area (TPSA) is 67.4 Å². The Bertz CT molecular complexity index is 1070. The van der Waals surface area contributed by atoms with E-state index in [-0.39, 0.29) is 17.2 Å². The van der Waals surface area contributed by atoms with E-state index in [1.54, 1.807) is 12.1 Å². The van der Waals surface area contributed by atoms with Crippen LogP contribution in [0, 0.1) is 18.6 Å². The summed E-state index contributed by atoms with van der Waals surface area (Å²) in [6, 6.07) is 14.4. The van der Waals surface area contributed by atoms with Crippen LogP contribution in [0.2, 0.25) is 0 Å². The lowest BCUT2D eigenvalue weighted by molar-refractivity contribution is 0.101. The maximum Gasteiger partial charge on any atom is 0.255 e. The van der Waals surface area contributed by atoms with Gasteiger partial charge in [-0.2, -0.15) is 0 Å². The number of hydrogen-bond donors (Lipinski definition) is 2. The first-order valence-electron chi connectivity index (χ1n) is 8.70. The molecule has 0 aliphatic carbocycles. The Kier molecular flexibility index (Phi) is 5.87. The quantitative estimate of drug-likeness (QED) is 0.652. The van der Waals surface area contributed by atoms with Crippen LogP contribution in [0.15, 0.2) is 60.7 Å². The van der Waals surface area contributed by atoms with Crippen molar-refractivity contribution in [3.05, 3.63) is 89.0 Å². The fourth-order valence-electron chi connectivity index (χ4n) is 2.66. The van der Waals surface area contributed by atoms with Crippen molar-refractivity contribution in [3.63, 3.8) is 0 Å². The first kappa shape index (κ1) is 20.0. The minimum absolute atomic E-state index is 0.127. The number of aryl methyl sites for hydroxylation is 1. The van der Waals surface area contributed by atoms with Gasteiger partial charge in [-0.15, -0.1) is 0 Å². The molecule has 0 saturated carbocycles. The Morgan fingerprint density at radius 3 is 2.00 bits per heavy atom. The van der Waals surface area contributed by atoms with Gasteiger partial charge in [-0.3, -0.25) is 9.59 Å². The molecule has 0 saturated heterocycles. The number of halogens is 2. The predicted octanol–water partition coefficient (Wildman–Crippen LogP) is 4.79. The number of ether oxygens (including phenoxy) is 1. The Hall–Kier alpha value is -3.74. The molecule has 0 aromatic heterocycles. The summed E-state index contributed by atoms with van der Waals surface area (Å²) < 4.78 is 31.5. The van der Waals surface area contributed by atoms with E-state index in [1.807, 2.05) is 13.0 Å². The normalized spacial score (nSPS) is 10.3. The van der Waals surface area contributed by atoms with Crippen LogP contribution < -0.4 is 15.4 Å². The number of carbonyl (C=O) groups is 2. The summed E-state index contributed by atoms with van der Waals surface area (Å²) in [7, 11) is 1.51. The highest BCUT2D eigenvalue weighted by Crippen LogP contribution is 2.25. The van der Waals surface area contributed by atoms with Crippen molar-refractivity contribution in [2.24, 2.45) is 0 Å². The zero-order chi connectivity index (χ0) is 21.0. The zero-order valence-electron chi connectivity index (χ0n) is 15.8. The molecule has 0 heterocycles. The Morgan fingerprint density at radius 1 is 0.793 bits per heavy atom. The lowest BCUT2D eigenvalue weighted by Gasteiger charge is -2.11. The van der Waals surface area contributed by atoms with E-state index < -0.39 is 17.5 Å². The number of rotatable bonds is 5. The molecule has 0 fully saturated rings. The number of anilines is 2. The van der Waals surface area contributed by atoms with Crippen LogP contribution in [0.4, 0.5) is 20.2 Å². The molecule has 2 N–H and O–H groups in total. The van der Waals surface area contributed by atoms with Gasteiger partial charge in [0.15, 0.2) is 11.6 Å². The van der Waals surface area contributed by atoms with Crippen LogP contribution in [0.3, 0.4) is 0 Å². The van der Waals surface area contributed by atoms with Crippen molar-refractivity contribution in [2.75, 3.05) is 17.7 Å². The summed E-state index contributed by atoms with van der Waals surface area (Å²) in [5.41, 5.74) is 2.24. The van der Waals surface area contributed by atoms with Gasteiger partial charge in [-0.1, -0.05) is 6.07 Å². The molecule has 0 unspecified atom stereocenters. The second-order valence-electron chi connectivity index (χ2n) is 6.32. The van der Waals surface area contributed by atoms with E-state index in [2.05, 4.69) is 10.6 Å². The molecule has 0 aliphatic rings. The van der Waals surface area contributed by atoms with Crippen LogP contribution in [-0.4, -0.2) is 18.9 Å². The molecule has 2 amide bonds. The summed E-state index contributed by atoms with van der Waals surface area (Å²) >= 11 is 0. The van der Waals surface area contributed by atoms with Crippen molar-refractivity contribution >= 4 is 23.2 Å². The maximum absolute atomic E-state index is 13.3.